The van der Waals surface area contributed by atoms with Crippen LogP contribution in [-0.2, 0) is 9.59 Å². The zero-order chi connectivity index (χ0) is 24.6. The van der Waals surface area contributed by atoms with Crippen LogP contribution in [0.3, 0.4) is 0 Å². The summed E-state index contributed by atoms with van der Waals surface area (Å²) in [4.78, 5) is 31.5. The van der Waals surface area contributed by atoms with E-state index < -0.39 is 29.8 Å². The Morgan fingerprint density at radius 1 is 1.03 bits per heavy atom. The molecule has 0 saturated carbocycles. The van der Waals surface area contributed by atoms with Crippen LogP contribution in [0.1, 0.15) is 28.4 Å². The lowest BCUT2D eigenvalue weighted by Crippen LogP contribution is -2.30. The molecule has 6 nitrogen and oxygen atoms in total. The molecule has 1 atom stereocenters. The molecule has 1 saturated heterocycles. The van der Waals surface area contributed by atoms with Gasteiger partial charge in [-0.05, 0) is 49.7 Å². The number of benzene rings is 2. The summed E-state index contributed by atoms with van der Waals surface area (Å²) in [5, 5.41) is 11.2. The van der Waals surface area contributed by atoms with Crippen LogP contribution in [0.2, 0.25) is 0 Å². The molecular weight excluding hydrogens is 449 g/mol. The van der Waals surface area contributed by atoms with Crippen LogP contribution in [-0.4, -0.2) is 28.1 Å². The van der Waals surface area contributed by atoms with E-state index in [2.05, 4.69) is 9.72 Å². The van der Waals surface area contributed by atoms with Crippen LogP contribution >= 0.6 is 0 Å². The van der Waals surface area contributed by atoms with Crippen molar-refractivity contribution in [2.24, 2.45) is 0 Å². The molecule has 0 aliphatic carbocycles. The molecule has 3 aromatic rings. The van der Waals surface area contributed by atoms with E-state index >= 15 is 0 Å². The van der Waals surface area contributed by atoms with Gasteiger partial charge in [0.15, 0.2) is 0 Å². The van der Waals surface area contributed by atoms with Gasteiger partial charge in [-0.1, -0.05) is 29.8 Å². The van der Waals surface area contributed by atoms with Gasteiger partial charge in [-0.3, -0.25) is 19.5 Å². The first-order valence-electron chi connectivity index (χ1n) is 10.2. The van der Waals surface area contributed by atoms with Crippen molar-refractivity contribution in [2.45, 2.75) is 26.3 Å². The molecule has 4 rings (SSSR count). The number of rotatable bonds is 4. The Morgan fingerprint density at radius 2 is 1.79 bits per heavy atom. The molecule has 1 N–H and O–H groups in total. The van der Waals surface area contributed by atoms with Crippen molar-refractivity contribution in [3.63, 3.8) is 0 Å². The lowest BCUT2D eigenvalue weighted by molar-refractivity contribution is -0.274. The number of nitrogens with zero attached hydrogens (tertiary/aromatic N) is 2. The molecule has 9 heteroatoms. The van der Waals surface area contributed by atoms with Crippen molar-refractivity contribution < 1.29 is 32.6 Å². The van der Waals surface area contributed by atoms with Crippen molar-refractivity contribution in [3.05, 3.63) is 94.8 Å². The van der Waals surface area contributed by atoms with Gasteiger partial charge in [0.2, 0.25) is 0 Å². The number of ketones is 1. The van der Waals surface area contributed by atoms with E-state index in [-0.39, 0.29) is 22.7 Å². The number of aryl methyl sites for hydroxylation is 2. The number of carbonyl (C=O) groups is 2. The molecular formula is C25H19F3N2O4. The number of aromatic nitrogens is 1. The lowest BCUT2D eigenvalue weighted by atomic mass is 9.95. The average molecular weight is 468 g/mol. The minimum absolute atomic E-state index is 0.0143. The molecule has 1 aliphatic rings. The molecule has 0 radical (unpaired) electrons. The number of aliphatic hydroxyl groups is 1. The quantitative estimate of drug-likeness (QED) is 0.323. The minimum Gasteiger partial charge on any atom is -0.507 e. The van der Waals surface area contributed by atoms with Crippen molar-refractivity contribution in [1.29, 1.82) is 0 Å². The van der Waals surface area contributed by atoms with Crippen molar-refractivity contribution in [1.82, 2.24) is 4.98 Å². The van der Waals surface area contributed by atoms with E-state index in [1.807, 2.05) is 13.0 Å². The molecule has 1 aromatic heterocycles. The van der Waals surface area contributed by atoms with E-state index in [0.717, 1.165) is 22.6 Å². The SMILES string of the molecule is Cc1ccc(C)c(/C(O)=C2\C(=O)C(=O)N(c3cccc(OC(F)(F)F)c3)C2c2ccccn2)c1. The number of hydrogen-bond acceptors (Lipinski definition) is 5. The highest BCUT2D eigenvalue weighted by atomic mass is 19.4. The number of amides is 1. The third-order valence-corrected chi connectivity index (χ3v) is 5.39. The summed E-state index contributed by atoms with van der Waals surface area (Å²) in [6.45, 7) is 3.56. The van der Waals surface area contributed by atoms with Crippen LogP contribution in [0.5, 0.6) is 5.75 Å². The van der Waals surface area contributed by atoms with Gasteiger partial charge in [0.1, 0.15) is 17.6 Å². The summed E-state index contributed by atoms with van der Waals surface area (Å²) < 4.78 is 42.2. The smallest absolute Gasteiger partial charge is 0.507 e. The van der Waals surface area contributed by atoms with Gasteiger partial charge in [0.05, 0.1) is 11.3 Å². The minimum atomic E-state index is -4.93. The first-order chi connectivity index (χ1) is 16.1. The van der Waals surface area contributed by atoms with Gasteiger partial charge in [-0.2, -0.15) is 0 Å². The number of aliphatic hydroxyl groups excluding tert-OH is 1. The summed E-state index contributed by atoms with van der Waals surface area (Å²) in [6, 6.07) is 13.7. The number of anilines is 1. The maximum absolute atomic E-state index is 13.1. The zero-order valence-corrected chi connectivity index (χ0v) is 18.1. The molecule has 1 unspecified atom stereocenters. The van der Waals surface area contributed by atoms with Crippen molar-refractivity contribution in [3.8, 4) is 5.75 Å². The van der Waals surface area contributed by atoms with E-state index in [0.29, 0.717) is 11.1 Å². The monoisotopic (exact) mass is 468 g/mol. The Balaban J connectivity index is 1.92. The number of ether oxygens (including phenoxy) is 1. The first kappa shape index (κ1) is 23.0. The molecule has 174 valence electrons. The largest absolute Gasteiger partial charge is 0.573 e. The Hall–Kier alpha value is -4.14. The standard InChI is InChI=1S/C25H19F3N2O4/c1-14-9-10-15(2)18(12-14)22(31)20-21(19-8-3-4-11-29-19)30(24(33)23(20)32)16-6-5-7-17(13-16)34-25(26,27)28/h3-13,21,31H,1-2H3/b22-20+. The summed E-state index contributed by atoms with van der Waals surface area (Å²) in [5.41, 5.74) is 1.91. The van der Waals surface area contributed by atoms with Gasteiger partial charge >= 0.3 is 6.36 Å². The maximum Gasteiger partial charge on any atom is 0.573 e. The van der Waals surface area contributed by atoms with Crippen LogP contribution in [0.15, 0.2) is 72.4 Å². The molecule has 2 aromatic carbocycles. The molecule has 34 heavy (non-hydrogen) atoms. The second kappa shape index (κ2) is 8.66. The molecule has 1 amide bonds. The summed E-state index contributed by atoms with van der Waals surface area (Å²) in [5.74, 6) is -2.93. The number of Topliss-reactive ketones (excluding diaryl/α,β-unsaturated/α-hetero) is 1. The van der Waals surface area contributed by atoms with Gasteiger partial charge in [-0.25, -0.2) is 0 Å². The highest BCUT2D eigenvalue weighted by molar-refractivity contribution is 6.51. The van der Waals surface area contributed by atoms with E-state index in [1.165, 1.54) is 18.3 Å². The van der Waals surface area contributed by atoms with E-state index in [4.69, 9.17) is 0 Å². The second-order valence-electron chi connectivity index (χ2n) is 7.79. The number of alkyl halides is 3. The predicted molar refractivity (Wildman–Crippen MR) is 118 cm³/mol. The Morgan fingerprint density at radius 3 is 2.47 bits per heavy atom. The van der Waals surface area contributed by atoms with Crippen LogP contribution in [0.25, 0.3) is 5.76 Å². The topological polar surface area (TPSA) is 79.7 Å². The molecule has 0 spiro atoms. The summed E-state index contributed by atoms with van der Waals surface area (Å²) >= 11 is 0. The Kier molecular flexibility index (Phi) is 5.87. The maximum atomic E-state index is 13.1. The molecule has 1 aliphatic heterocycles. The zero-order valence-electron chi connectivity index (χ0n) is 18.1. The lowest BCUT2D eigenvalue weighted by Gasteiger charge is -2.25. The fourth-order valence-electron chi connectivity index (χ4n) is 3.88. The third kappa shape index (κ3) is 4.36. The second-order valence-corrected chi connectivity index (χ2v) is 7.79. The normalized spacial score (nSPS) is 17.8. The van der Waals surface area contributed by atoms with E-state index in [9.17, 15) is 27.9 Å². The first-order valence-corrected chi connectivity index (χ1v) is 10.2. The fourth-order valence-corrected chi connectivity index (χ4v) is 3.88. The van der Waals surface area contributed by atoms with Crippen LogP contribution in [0.4, 0.5) is 18.9 Å². The van der Waals surface area contributed by atoms with Gasteiger partial charge in [0.25, 0.3) is 11.7 Å². The predicted octanol–water partition coefficient (Wildman–Crippen LogP) is 5.22. The average Bonchev–Trinajstić information content (AvgIpc) is 3.05. The summed E-state index contributed by atoms with van der Waals surface area (Å²) in [7, 11) is 0. The number of halogens is 3. The van der Waals surface area contributed by atoms with Crippen LogP contribution in [0, 0.1) is 13.8 Å². The third-order valence-electron chi connectivity index (χ3n) is 5.39. The van der Waals surface area contributed by atoms with E-state index in [1.54, 1.807) is 37.3 Å². The Labute approximate surface area is 192 Å². The van der Waals surface area contributed by atoms with Crippen molar-refractivity contribution in [2.75, 3.05) is 4.90 Å². The number of carbonyl (C=O) groups excluding carboxylic acids is 2. The van der Waals surface area contributed by atoms with Gasteiger partial charge < -0.3 is 9.84 Å². The highest BCUT2D eigenvalue weighted by Gasteiger charge is 2.48. The van der Waals surface area contributed by atoms with Crippen LogP contribution < -0.4 is 9.64 Å². The van der Waals surface area contributed by atoms with Crippen molar-refractivity contribution >= 4 is 23.1 Å². The number of hydrogen-bond donors (Lipinski definition) is 1. The Bertz CT molecular complexity index is 1300. The molecule has 1 fully saturated rings. The highest BCUT2D eigenvalue weighted by Crippen LogP contribution is 2.42. The summed E-state index contributed by atoms with van der Waals surface area (Å²) in [6.07, 6.45) is -3.48. The molecule has 0 bridgehead atoms. The van der Waals surface area contributed by atoms with Gasteiger partial charge in [-0.15, -0.1) is 13.2 Å². The fraction of sp³-hybridized carbons (Fsp3) is 0.160. The number of pyridine rings is 1. The van der Waals surface area contributed by atoms with Gasteiger partial charge in [0, 0.05) is 23.5 Å². The molecule has 2 heterocycles.